The summed E-state index contributed by atoms with van der Waals surface area (Å²) in [7, 11) is 0. The number of aliphatic carboxylic acids is 1. The van der Waals surface area contributed by atoms with Crippen LogP contribution >= 0.6 is 23.1 Å². The van der Waals surface area contributed by atoms with Crippen LogP contribution in [0.2, 0.25) is 0 Å². The first kappa shape index (κ1) is 24.7. The number of hydrogen-bond acceptors (Lipinski definition) is 11. The Kier molecular flexibility index (Phi) is 7.40. The first-order valence-electron chi connectivity index (χ1n) is 10.7. The smallest absolute Gasteiger partial charge is 0.352 e. The molecule has 12 nitrogen and oxygen atoms in total. The minimum absolute atomic E-state index is 0.131. The molecule has 4 N–H and O–H groups in total. The van der Waals surface area contributed by atoms with Gasteiger partial charge in [0.25, 0.3) is 11.8 Å². The molecule has 0 aromatic carbocycles. The quantitative estimate of drug-likeness (QED) is 0.146. The van der Waals surface area contributed by atoms with Gasteiger partial charge in [-0.15, -0.1) is 23.1 Å². The summed E-state index contributed by atoms with van der Waals surface area (Å²) in [6.07, 6.45) is 6.21. The van der Waals surface area contributed by atoms with Gasteiger partial charge >= 0.3 is 11.9 Å². The van der Waals surface area contributed by atoms with Gasteiger partial charge in [-0.1, -0.05) is 11.2 Å². The van der Waals surface area contributed by atoms with Gasteiger partial charge in [-0.25, -0.2) is 9.78 Å². The standard InChI is InChI=1S/C21H23N5O7S2/c1-10(27)32-7-11-8-34-19-15(18(29)26(19)16(11)20(30)31)24-17(28)14(13-9-35-21(22)23-13)25-33-12-5-3-2-4-6-12/h3,5,9,12,15,19H,2,4,6-8H2,1H3,(H2,22,23)(H,24,28)(H,30,31)/t12?,15-,19-/m1/s1. The van der Waals surface area contributed by atoms with Crippen LogP contribution in [0.25, 0.3) is 0 Å². The maximum absolute atomic E-state index is 13.1. The first-order valence-corrected chi connectivity index (χ1v) is 12.6. The summed E-state index contributed by atoms with van der Waals surface area (Å²) in [5, 5.41) is 17.5. The normalized spacial score (nSPS) is 23.9. The Bertz CT molecular complexity index is 1140. The number of thioether (sulfide) groups is 1. The number of rotatable bonds is 8. The van der Waals surface area contributed by atoms with Crippen LogP contribution in [-0.2, 0) is 28.8 Å². The number of fused-ring (bicyclic) bond motifs is 1. The Labute approximate surface area is 208 Å². The molecule has 14 heteroatoms. The highest BCUT2D eigenvalue weighted by Gasteiger charge is 2.54. The highest BCUT2D eigenvalue weighted by molar-refractivity contribution is 8.00. The number of esters is 1. The van der Waals surface area contributed by atoms with Crippen molar-refractivity contribution in [1.29, 1.82) is 0 Å². The Hall–Kier alpha value is -3.39. The number of β-lactam (4-membered cyclic amide) rings is 1. The number of carbonyl (C=O) groups excluding carboxylic acids is 3. The van der Waals surface area contributed by atoms with E-state index in [1.165, 1.54) is 18.7 Å². The summed E-state index contributed by atoms with van der Waals surface area (Å²) in [6.45, 7) is 0.982. The van der Waals surface area contributed by atoms with Crippen molar-refractivity contribution in [1.82, 2.24) is 15.2 Å². The monoisotopic (exact) mass is 521 g/mol. The maximum Gasteiger partial charge on any atom is 0.352 e. The molecule has 2 amide bonds. The van der Waals surface area contributed by atoms with Crippen molar-refractivity contribution in [3.63, 3.8) is 0 Å². The van der Waals surface area contributed by atoms with E-state index in [0.717, 1.165) is 35.5 Å². The number of oxime groups is 1. The fraction of sp³-hybridized carbons (Fsp3) is 0.429. The third-order valence-electron chi connectivity index (χ3n) is 5.46. The largest absolute Gasteiger partial charge is 0.477 e. The predicted octanol–water partition coefficient (Wildman–Crippen LogP) is 0.856. The van der Waals surface area contributed by atoms with Crippen molar-refractivity contribution in [3.05, 3.63) is 34.5 Å². The number of amides is 2. The van der Waals surface area contributed by atoms with Gasteiger partial charge in [-0.05, 0) is 25.3 Å². The number of hydrogen-bond donors (Lipinski definition) is 3. The number of ether oxygens (including phenoxy) is 1. The fourth-order valence-corrected chi connectivity index (χ4v) is 5.66. The third-order valence-corrected chi connectivity index (χ3v) is 7.47. The molecule has 1 fully saturated rings. The Morgan fingerprint density at radius 2 is 2.20 bits per heavy atom. The molecule has 0 saturated carbocycles. The number of carbonyl (C=O) groups is 4. The van der Waals surface area contributed by atoms with Gasteiger partial charge in [0.1, 0.15) is 35.5 Å². The molecule has 1 aliphatic carbocycles. The molecule has 1 aromatic rings. The van der Waals surface area contributed by atoms with E-state index in [4.69, 9.17) is 15.3 Å². The number of anilines is 1. The summed E-state index contributed by atoms with van der Waals surface area (Å²) in [4.78, 5) is 59.7. The number of nitrogen functional groups attached to an aromatic ring is 1. The molecule has 3 heterocycles. The number of aromatic nitrogens is 1. The average Bonchev–Trinajstić information content (AvgIpc) is 3.26. The topological polar surface area (TPSA) is 174 Å². The van der Waals surface area contributed by atoms with Crippen LogP contribution in [0.4, 0.5) is 5.13 Å². The lowest BCUT2D eigenvalue weighted by molar-refractivity contribution is -0.150. The number of nitrogens with two attached hydrogens (primary N) is 1. The molecule has 35 heavy (non-hydrogen) atoms. The number of nitrogens with one attached hydrogen (secondary N) is 1. The van der Waals surface area contributed by atoms with E-state index in [0.29, 0.717) is 5.57 Å². The van der Waals surface area contributed by atoms with Crippen molar-refractivity contribution in [2.75, 3.05) is 18.1 Å². The predicted molar refractivity (Wildman–Crippen MR) is 127 cm³/mol. The van der Waals surface area contributed by atoms with Gasteiger partial charge in [0.05, 0.1) is 0 Å². The minimum Gasteiger partial charge on any atom is -0.477 e. The number of nitrogens with zero attached hydrogens (tertiary/aromatic N) is 3. The molecule has 1 unspecified atom stereocenters. The van der Waals surface area contributed by atoms with Crippen LogP contribution in [0, 0.1) is 0 Å². The summed E-state index contributed by atoms with van der Waals surface area (Å²) in [5.41, 5.74) is 5.86. The molecule has 186 valence electrons. The van der Waals surface area contributed by atoms with Crippen LogP contribution in [0.15, 0.2) is 34.0 Å². The van der Waals surface area contributed by atoms with Gasteiger partial charge in [-0.3, -0.25) is 19.3 Å². The third kappa shape index (κ3) is 5.32. The molecular formula is C21H23N5O7S2. The van der Waals surface area contributed by atoms with E-state index < -0.39 is 35.2 Å². The summed E-state index contributed by atoms with van der Waals surface area (Å²) < 4.78 is 4.92. The SMILES string of the molecule is CC(=O)OCC1=C(C(=O)O)N2C(=O)[C@@H](NC(=O)C(=NOC3C=CCCC3)c3csc(N)n3)[C@H]2SC1. The van der Waals surface area contributed by atoms with E-state index >= 15 is 0 Å². The van der Waals surface area contributed by atoms with E-state index in [1.807, 2.05) is 12.2 Å². The van der Waals surface area contributed by atoms with Gasteiger partial charge in [-0.2, -0.15) is 0 Å². The lowest BCUT2D eigenvalue weighted by Gasteiger charge is -2.49. The molecule has 0 spiro atoms. The van der Waals surface area contributed by atoms with Crippen LogP contribution in [0.5, 0.6) is 0 Å². The van der Waals surface area contributed by atoms with E-state index in [-0.39, 0.29) is 40.7 Å². The molecule has 3 aliphatic rings. The maximum atomic E-state index is 13.1. The number of allylic oxidation sites excluding steroid dienone is 1. The zero-order valence-corrected chi connectivity index (χ0v) is 20.3. The highest BCUT2D eigenvalue weighted by atomic mass is 32.2. The zero-order valence-electron chi connectivity index (χ0n) is 18.6. The van der Waals surface area contributed by atoms with Crippen molar-refractivity contribution in [3.8, 4) is 0 Å². The van der Waals surface area contributed by atoms with Gasteiger partial charge in [0, 0.05) is 23.6 Å². The lowest BCUT2D eigenvalue weighted by atomic mass is 10.0. The van der Waals surface area contributed by atoms with Crippen molar-refractivity contribution in [2.24, 2.45) is 5.16 Å². The highest BCUT2D eigenvalue weighted by Crippen LogP contribution is 2.40. The van der Waals surface area contributed by atoms with Crippen LogP contribution < -0.4 is 11.1 Å². The lowest BCUT2D eigenvalue weighted by Crippen LogP contribution is -2.71. The van der Waals surface area contributed by atoms with Gasteiger partial charge in [0.15, 0.2) is 10.8 Å². The van der Waals surface area contributed by atoms with E-state index in [1.54, 1.807) is 5.38 Å². The number of carboxylic acids is 1. The molecule has 4 rings (SSSR count). The van der Waals surface area contributed by atoms with Crippen molar-refractivity contribution in [2.45, 2.75) is 43.7 Å². The molecular weight excluding hydrogens is 498 g/mol. The summed E-state index contributed by atoms with van der Waals surface area (Å²) in [6, 6.07) is -0.979. The van der Waals surface area contributed by atoms with Crippen molar-refractivity contribution < 1.29 is 33.9 Å². The zero-order chi connectivity index (χ0) is 25.1. The van der Waals surface area contributed by atoms with Crippen LogP contribution in [-0.4, -0.2) is 74.3 Å². The number of thiazole rings is 1. The van der Waals surface area contributed by atoms with Gasteiger partial charge < -0.3 is 25.7 Å². The fourth-order valence-electron chi connectivity index (χ4n) is 3.78. The van der Waals surface area contributed by atoms with E-state index in [2.05, 4.69) is 15.5 Å². The Morgan fingerprint density at radius 3 is 2.83 bits per heavy atom. The summed E-state index contributed by atoms with van der Waals surface area (Å²) in [5.74, 6) is -2.95. The second-order valence-corrected chi connectivity index (χ2v) is 9.91. The molecule has 1 aromatic heterocycles. The van der Waals surface area contributed by atoms with Crippen LogP contribution in [0.1, 0.15) is 31.9 Å². The number of carboxylic acid groups (broad SMARTS) is 1. The van der Waals surface area contributed by atoms with E-state index in [9.17, 15) is 24.3 Å². The molecule has 2 aliphatic heterocycles. The van der Waals surface area contributed by atoms with Gasteiger partial charge in [0.2, 0.25) is 0 Å². The Balaban J connectivity index is 1.51. The second kappa shape index (κ2) is 10.5. The Morgan fingerprint density at radius 1 is 1.40 bits per heavy atom. The molecule has 0 radical (unpaired) electrons. The minimum atomic E-state index is -1.32. The molecule has 3 atom stereocenters. The molecule has 1 saturated heterocycles. The van der Waals surface area contributed by atoms with Crippen molar-refractivity contribution >= 4 is 57.7 Å². The first-order chi connectivity index (χ1) is 16.8. The summed E-state index contributed by atoms with van der Waals surface area (Å²) >= 11 is 2.39. The second-order valence-electron chi connectivity index (χ2n) is 7.91. The molecule has 0 bridgehead atoms. The van der Waals surface area contributed by atoms with Crippen LogP contribution in [0.3, 0.4) is 0 Å². The average molecular weight is 522 g/mol.